The van der Waals surface area contributed by atoms with Gasteiger partial charge >= 0.3 is 0 Å². The van der Waals surface area contributed by atoms with Gasteiger partial charge in [-0.3, -0.25) is 0 Å². The van der Waals surface area contributed by atoms with Crippen LogP contribution in [-0.2, 0) is 65.4 Å². The van der Waals surface area contributed by atoms with Crippen LogP contribution in [0.3, 0.4) is 0 Å². The third-order valence-electron chi connectivity index (χ3n) is 3.71. The zero-order valence-electron chi connectivity index (χ0n) is 9.93. The van der Waals surface area contributed by atoms with Crippen LogP contribution in [0.5, 0.6) is 0 Å². The molecule has 0 saturated carbocycles. The maximum absolute atomic E-state index is 3.22. The van der Waals surface area contributed by atoms with Gasteiger partial charge in [0.25, 0.3) is 0 Å². The molecule has 2 radical (unpaired) electrons. The van der Waals surface area contributed by atoms with E-state index in [0.29, 0.717) is 11.8 Å². The van der Waals surface area contributed by atoms with E-state index >= 15 is 0 Å². The zero-order chi connectivity index (χ0) is 10.5. The fourth-order valence-corrected chi connectivity index (χ4v) is 2.97. The summed E-state index contributed by atoms with van der Waals surface area (Å²) in [6.07, 6.45) is 23.8. The second-order valence-corrected chi connectivity index (χ2v) is 4.53. The Morgan fingerprint density at radius 1 is 0.667 bits per heavy atom. The van der Waals surface area contributed by atoms with Crippen molar-refractivity contribution in [2.45, 2.75) is 0 Å². The molecule has 4 aliphatic rings. The summed E-state index contributed by atoms with van der Waals surface area (Å²) in [5, 5.41) is 0. The normalized spacial score (nSPS) is 28.9. The maximum atomic E-state index is 3.22. The van der Waals surface area contributed by atoms with Crippen molar-refractivity contribution in [2.24, 2.45) is 11.8 Å². The van der Waals surface area contributed by atoms with Gasteiger partial charge in [-0.25, -0.2) is 0 Å². The van der Waals surface area contributed by atoms with Crippen LogP contribution in [0.25, 0.3) is 0 Å². The second kappa shape index (κ2) is 5.79. The molecule has 2 atom stereocenters. The summed E-state index contributed by atoms with van der Waals surface area (Å²) < 4.78 is 0. The van der Waals surface area contributed by atoms with Gasteiger partial charge in [-0.2, -0.15) is 58.7 Å². The molecule has 4 rings (SSSR count). The molecular weight excluding hydrogens is 370 g/mol. The average Bonchev–Trinajstić information content (AvgIpc) is 2.36. The number of rotatable bonds is 0. The molecule has 0 N–H and O–H groups in total. The van der Waals surface area contributed by atoms with Gasteiger partial charge in [0, 0.05) is 65.4 Å². The summed E-state index contributed by atoms with van der Waals surface area (Å²) in [6.45, 7) is 0. The zero-order valence-corrected chi connectivity index (χ0v) is 15.6. The molecule has 0 saturated heterocycles. The summed E-state index contributed by atoms with van der Waals surface area (Å²) in [5.41, 5.74) is 5.54. The van der Waals surface area contributed by atoms with Crippen molar-refractivity contribution < 1.29 is 65.4 Å². The molecule has 0 bridgehead atoms. The van der Waals surface area contributed by atoms with Gasteiger partial charge in [0.1, 0.15) is 0 Å². The fraction of sp³-hybridized carbons (Fsp3) is 0.125. The van der Waals surface area contributed by atoms with Gasteiger partial charge in [0.15, 0.2) is 0 Å². The third kappa shape index (κ3) is 2.16. The van der Waals surface area contributed by atoms with Crippen LogP contribution in [-0.4, -0.2) is 0 Å². The van der Waals surface area contributed by atoms with E-state index in [1.54, 1.807) is 0 Å². The molecule has 2 unspecified atom stereocenters. The van der Waals surface area contributed by atoms with Gasteiger partial charge < -0.3 is 0 Å². The van der Waals surface area contributed by atoms with E-state index < -0.39 is 0 Å². The van der Waals surface area contributed by atoms with Crippen molar-refractivity contribution in [3.63, 3.8) is 0 Å². The van der Waals surface area contributed by atoms with Gasteiger partial charge in [0.2, 0.25) is 0 Å². The number of allylic oxidation sites excluding steroid dienone is 14. The predicted molar refractivity (Wildman–Crippen MR) is 64.1 cm³/mol. The molecule has 18 heavy (non-hydrogen) atoms. The van der Waals surface area contributed by atoms with E-state index in [1.165, 1.54) is 22.3 Å². The van der Waals surface area contributed by atoms with Crippen molar-refractivity contribution in [3.8, 4) is 0 Å². The Kier molecular flexibility index (Phi) is 4.76. The minimum Gasteiger partial charge on any atom is -0.183 e. The Morgan fingerprint density at radius 3 is 1.56 bits per heavy atom. The summed E-state index contributed by atoms with van der Waals surface area (Å²) in [6, 6.07) is 0. The predicted octanol–water partition coefficient (Wildman–Crippen LogP) is 3.25. The van der Waals surface area contributed by atoms with Crippen LogP contribution in [0.2, 0.25) is 0 Å². The molecule has 0 heterocycles. The molecule has 0 spiro atoms. The van der Waals surface area contributed by atoms with Crippen molar-refractivity contribution in [3.05, 3.63) is 83.1 Å². The molecule has 82 valence electrons. The van der Waals surface area contributed by atoms with Crippen molar-refractivity contribution in [2.75, 3.05) is 0 Å². The van der Waals surface area contributed by atoms with Crippen LogP contribution in [0.15, 0.2) is 70.9 Å². The van der Waals surface area contributed by atoms with E-state index in [9.17, 15) is 0 Å². The van der Waals surface area contributed by atoms with E-state index in [1.807, 2.05) is 0 Å². The summed E-state index contributed by atoms with van der Waals surface area (Å²) in [7, 11) is 0. The first-order valence-corrected chi connectivity index (χ1v) is 5.62. The molecule has 0 nitrogen and oxygen atoms in total. The number of hydrogen-bond acceptors (Lipinski definition) is 0. The standard InChI is InChI=1S/C16H10.2Y/c1-3-11-7-9-13-5-2-6-14-10-8-12(4-1)15(11)16(13)14;;/h3-10,15-16H;;/q-2;;. The molecular formula is C16H10Y2-2. The number of hydrogen-bond donors (Lipinski definition) is 0. The fourth-order valence-electron chi connectivity index (χ4n) is 2.97. The van der Waals surface area contributed by atoms with Crippen LogP contribution >= 0.6 is 0 Å². The first kappa shape index (κ1) is 14.8. The SMILES string of the molecule is [C-]1=CC2=CC=C3C=[C-]C=C4C=CC(=C1)C2C43.[Y].[Y]. The smallest absolute Gasteiger partial charge is 0 e. The van der Waals surface area contributed by atoms with Gasteiger partial charge in [-0.05, 0) is 0 Å². The van der Waals surface area contributed by atoms with Crippen molar-refractivity contribution in [1.82, 2.24) is 0 Å². The van der Waals surface area contributed by atoms with Gasteiger partial charge in [-0.1, -0.05) is 11.8 Å². The minimum absolute atomic E-state index is 0. The molecule has 0 aliphatic heterocycles. The summed E-state index contributed by atoms with van der Waals surface area (Å²) in [4.78, 5) is 0. The van der Waals surface area contributed by atoms with Crippen molar-refractivity contribution >= 4 is 0 Å². The van der Waals surface area contributed by atoms with E-state index in [-0.39, 0.29) is 65.4 Å². The molecule has 0 aromatic carbocycles. The Labute approximate surface area is 158 Å². The molecule has 4 aliphatic carbocycles. The molecule has 0 aromatic heterocycles. The monoisotopic (exact) mass is 380 g/mol. The third-order valence-corrected chi connectivity index (χ3v) is 3.71. The minimum atomic E-state index is 0. The quantitative estimate of drug-likeness (QED) is 0.567. The Balaban J connectivity index is 0.000000602. The van der Waals surface area contributed by atoms with Crippen LogP contribution < -0.4 is 0 Å². The van der Waals surface area contributed by atoms with E-state index in [2.05, 4.69) is 60.8 Å². The van der Waals surface area contributed by atoms with Crippen LogP contribution in [0, 0.1) is 24.0 Å². The maximum Gasteiger partial charge on any atom is 0 e. The topological polar surface area (TPSA) is 0 Å². The Bertz CT molecular complexity index is 528. The molecule has 0 amide bonds. The Morgan fingerprint density at radius 2 is 1.11 bits per heavy atom. The van der Waals surface area contributed by atoms with Crippen LogP contribution in [0.1, 0.15) is 0 Å². The van der Waals surface area contributed by atoms with Crippen LogP contribution in [0.4, 0.5) is 0 Å². The van der Waals surface area contributed by atoms with Gasteiger partial charge in [-0.15, -0.1) is 24.3 Å². The largest absolute Gasteiger partial charge is 0.183 e. The van der Waals surface area contributed by atoms with E-state index in [4.69, 9.17) is 0 Å². The molecule has 0 aromatic rings. The second-order valence-electron chi connectivity index (χ2n) is 4.53. The summed E-state index contributed by atoms with van der Waals surface area (Å²) >= 11 is 0. The van der Waals surface area contributed by atoms with E-state index in [0.717, 1.165) is 0 Å². The average molecular weight is 380 g/mol. The van der Waals surface area contributed by atoms with Gasteiger partial charge in [0.05, 0.1) is 0 Å². The first-order chi connectivity index (χ1) is 7.93. The first-order valence-electron chi connectivity index (χ1n) is 5.62. The summed E-state index contributed by atoms with van der Waals surface area (Å²) in [5.74, 6) is 1.02. The Hall–Kier alpha value is 0.388. The molecule has 0 fully saturated rings. The van der Waals surface area contributed by atoms with Crippen molar-refractivity contribution in [1.29, 1.82) is 0 Å². The molecule has 2 heteroatoms.